The van der Waals surface area contributed by atoms with Gasteiger partial charge >= 0.3 is 0 Å². The Morgan fingerprint density at radius 3 is 2.88 bits per heavy atom. The van der Waals surface area contributed by atoms with E-state index < -0.39 is 0 Å². The lowest BCUT2D eigenvalue weighted by molar-refractivity contribution is 0.101. The number of rotatable bonds is 2. The second-order valence-electron chi connectivity index (χ2n) is 4.17. The summed E-state index contributed by atoms with van der Waals surface area (Å²) in [5.41, 5.74) is 1.74. The lowest BCUT2D eigenvalue weighted by Crippen LogP contribution is -2.25. The molecule has 0 saturated carbocycles. The number of carbonyl (C=O) groups is 1. The minimum Gasteiger partial charge on any atom is -0.371 e. The van der Waals surface area contributed by atoms with E-state index in [9.17, 15) is 4.79 Å². The summed E-state index contributed by atoms with van der Waals surface area (Å²) in [5.74, 6) is 2.41. The van der Waals surface area contributed by atoms with Crippen molar-refractivity contribution >= 4 is 34.8 Å². The van der Waals surface area contributed by atoms with Crippen molar-refractivity contribution < 1.29 is 4.79 Å². The number of nitrogens with zero attached hydrogens (tertiary/aromatic N) is 1. The quantitative estimate of drug-likeness (QED) is 0.767. The predicted octanol–water partition coefficient (Wildman–Crippen LogP) is 3.49. The van der Waals surface area contributed by atoms with Crippen LogP contribution in [0, 0.1) is 0 Å². The number of anilines is 1. The van der Waals surface area contributed by atoms with Crippen LogP contribution in [0.15, 0.2) is 18.2 Å². The van der Waals surface area contributed by atoms with Crippen LogP contribution in [-0.4, -0.2) is 30.4 Å². The molecule has 0 radical (unpaired) electrons. The van der Waals surface area contributed by atoms with Crippen molar-refractivity contribution in [2.75, 3.05) is 29.5 Å². The first-order chi connectivity index (χ1) is 8.18. The molecule has 17 heavy (non-hydrogen) atoms. The van der Waals surface area contributed by atoms with Gasteiger partial charge in [-0.3, -0.25) is 4.79 Å². The second-order valence-corrected chi connectivity index (χ2v) is 5.81. The molecular formula is C13H16ClNOS. The summed E-state index contributed by atoms with van der Waals surface area (Å²) in [5, 5.41) is 0.562. The maximum Gasteiger partial charge on any atom is 0.161 e. The molecule has 1 aromatic carbocycles. The van der Waals surface area contributed by atoms with Gasteiger partial charge in [-0.2, -0.15) is 11.8 Å². The number of hydrogen-bond donors (Lipinski definition) is 0. The topological polar surface area (TPSA) is 20.3 Å². The third-order valence-electron chi connectivity index (χ3n) is 2.92. The molecule has 0 aliphatic carbocycles. The number of hydrogen-bond acceptors (Lipinski definition) is 3. The fourth-order valence-electron chi connectivity index (χ4n) is 1.99. The largest absolute Gasteiger partial charge is 0.371 e. The van der Waals surface area contributed by atoms with Crippen molar-refractivity contribution in [1.82, 2.24) is 0 Å². The Labute approximate surface area is 111 Å². The molecule has 1 saturated heterocycles. The van der Waals surface area contributed by atoms with Gasteiger partial charge < -0.3 is 4.90 Å². The zero-order valence-electron chi connectivity index (χ0n) is 9.91. The summed E-state index contributed by atoms with van der Waals surface area (Å²) in [7, 11) is 0. The Morgan fingerprint density at radius 2 is 2.18 bits per heavy atom. The smallest absolute Gasteiger partial charge is 0.161 e. The molecule has 0 aromatic heterocycles. The van der Waals surface area contributed by atoms with Gasteiger partial charge in [0.1, 0.15) is 0 Å². The molecule has 1 fully saturated rings. The van der Waals surface area contributed by atoms with Gasteiger partial charge in [0.15, 0.2) is 5.78 Å². The van der Waals surface area contributed by atoms with E-state index in [0.717, 1.165) is 24.5 Å². The molecular weight excluding hydrogens is 254 g/mol. The minimum atomic E-state index is 0.0213. The van der Waals surface area contributed by atoms with Gasteiger partial charge in [0.25, 0.3) is 0 Å². The van der Waals surface area contributed by atoms with Crippen LogP contribution in [0.4, 0.5) is 5.69 Å². The van der Waals surface area contributed by atoms with Gasteiger partial charge in [-0.15, -0.1) is 0 Å². The van der Waals surface area contributed by atoms with Crippen molar-refractivity contribution in [2.24, 2.45) is 0 Å². The molecule has 2 nitrogen and oxygen atoms in total. The number of halogens is 1. The number of Topliss-reactive ketones (excluding diaryl/α,β-unsaturated/α-hetero) is 1. The van der Waals surface area contributed by atoms with E-state index in [0.29, 0.717) is 10.6 Å². The zero-order chi connectivity index (χ0) is 12.3. The predicted molar refractivity (Wildman–Crippen MR) is 75.6 cm³/mol. The minimum absolute atomic E-state index is 0.0213. The molecule has 1 heterocycles. The Balaban J connectivity index is 2.21. The monoisotopic (exact) mass is 269 g/mol. The van der Waals surface area contributed by atoms with Crippen LogP contribution in [0.25, 0.3) is 0 Å². The molecule has 0 atom stereocenters. The van der Waals surface area contributed by atoms with E-state index in [1.54, 1.807) is 6.92 Å². The first-order valence-electron chi connectivity index (χ1n) is 5.81. The van der Waals surface area contributed by atoms with Crippen LogP contribution in [0.2, 0.25) is 5.02 Å². The van der Waals surface area contributed by atoms with Crippen LogP contribution in [-0.2, 0) is 0 Å². The van der Waals surface area contributed by atoms with E-state index in [4.69, 9.17) is 11.6 Å². The molecule has 1 aromatic rings. The average Bonchev–Trinajstić information content (AvgIpc) is 2.56. The molecule has 0 unspecified atom stereocenters. The highest BCUT2D eigenvalue weighted by atomic mass is 35.5. The highest BCUT2D eigenvalue weighted by Gasteiger charge is 2.12. The standard InChI is InChI=1S/C13H16ClNOS/c1-10(16)12-4-3-11(9-13(12)14)15-5-2-7-17-8-6-15/h3-4,9H,2,5-8H2,1H3. The SMILES string of the molecule is CC(=O)c1ccc(N2CCCSCC2)cc1Cl. The highest BCUT2D eigenvalue weighted by Crippen LogP contribution is 2.25. The molecule has 0 bridgehead atoms. The number of carbonyl (C=O) groups excluding carboxylic acids is 1. The summed E-state index contributed by atoms with van der Waals surface area (Å²) in [6, 6.07) is 5.74. The number of ketones is 1. The fraction of sp³-hybridized carbons (Fsp3) is 0.462. The van der Waals surface area contributed by atoms with Gasteiger partial charge in [-0.05, 0) is 37.3 Å². The van der Waals surface area contributed by atoms with Gasteiger partial charge in [-0.1, -0.05) is 11.6 Å². The van der Waals surface area contributed by atoms with Crippen LogP contribution in [0.1, 0.15) is 23.7 Å². The molecule has 1 aliphatic heterocycles. The molecule has 0 spiro atoms. The van der Waals surface area contributed by atoms with Crippen LogP contribution in [0.5, 0.6) is 0 Å². The average molecular weight is 270 g/mol. The third-order valence-corrected chi connectivity index (χ3v) is 4.28. The van der Waals surface area contributed by atoms with Crippen LogP contribution >= 0.6 is 23.4 Å². The molecule has 2 rings (SSSR count). The number of benzene rings is 1. The van der Waals surface area contributed by atoms with Crippen molar-refractivity contribution in [3.05, 3.63) is 28.8 Å². The normalized spacial score (nSPS) is 16.7. The van der Waals surface area contributed by atoms with E-state index in [1.165, 1.54) is 12.2 Å². The molecule has 0 N–H and O–H groups in total. The maximum absolute atomic E-state index is 11.3. The molecule has 92 valence electrons. The van der Waals surface area contributed by atoms with Crippen molar-refractivity contribution in [3.63, 3.8) is 0 Å². The fourth-order valence-corrected chi connectivity index (χ4v) is 3.19. The molecule has 0 amide bonds. The summed E-state index contributed by atoms with van der Waals surface area (Å²) in [4.78, 5) is 13.7. The Kier molecular flexibility index (Phi) is 4.35. The summed E-state index contributed by atoms with van der Waals surface area (Å²) in [6.07, 6.45) is 1.21. The Morgan fingerprint density at radius 1 is 1.35 bits per heavy atom. The number of thioether (sulfide) groups is 1. The lowest BCUT2D eigenvalue weighted by Gasteiger charge is -2.22. The van der Waals surface area contributed by atoms with Gasteiger partial charge in [0.2, 0.25) is 0 Å². The van der Waals surface area contributed by atoms with Crippen LogP contribution < -0.4 is 4.90 Å². The van der Waals surface area contributed by atoms with Crippen molar-refractivity contribution in [2.45, 2.75) is 13.3 Å². The summed E-state index contributed by atoms with van der Waals surface area (Å²) in [6.45, 7) is 3.67. The zero-order valence-corrected chi connectivity index (χ0v) is 11.5. The van der Waals surface area contributed by atoms with Crippen molar-refractivity contribution in [3.8, 4) is 0 Å². The highest BCUT2D eigenvalue weighted by molar-refractivity contribution is 7.99. The van der Waals surface area contributed by atoms with E-state index in [2.05, 4.69) is 4.90 Å². The lowest BCUT2D eigenvalue weighted by atomic mass is 10.1. The van der Waals surface area contributed by atoms with E-state index in [-0.39, 0.29) is 5.78 Å². The second kappa shape index (κ2) is 5.78. The Bertz CT molecular complexity index is 414. The van der Waals surface area contributed by atoms with Crippen molar-refractivity contribution in [1.29, 1.82) is 0 Å². The summed E-state index contributed by atoms with van der Waals surface area (Å²) < 4.78 is 0. The molecule has 4 heteroatoms. The summed E-state index contributed by atoms with van der Waals surface area (Å²) >= 11 is 8.13. The molecule has 1 aliphatic rings. The van der Waals surface area contributed by atoms with E-state index in [1.807, 2.05) is 30.0 Å². The van der Waals surface area contributed by atoms with Gasteiger partial charge in [0, 0.05) is 30.1 Å². The Hall–Kier alpha value is -0.670. The van der Waals surface area contributed by atoms with Gasteiger partial charge in [0.05, 0.1) is 5.02 Å². The van der Waals surface area contributed by atoms with Crippen LogP contribution in [0.3, 0.4) is 0 Å². The maximum atomic E-state index is 11.3. The first kappa shape index (κ1) is 12.8. The van der Waals surface area contributed by atoms with E-state index >= 15 is 0 Å². The van der Waals surface area contributed by atoms with Gasteiger partial charge in [-0.25, -0.2) is 0 Å². The third kappa shape index (κ3) is 3.17. The first-order valence-corrected chi connectivity index (χ1v) is 7.35.